The van der Waals surface area contributed by atoms with Gasteiger partial charge in [0.25, 0.3) is 0 Å². The van der Waals surface area contributed by atoms with Crippen molar-refractivity contribution in [2.45, 2.75) is 44.9 Å². The van der Waals surface area contributed by atoms with Gasteiger partial charge in [-0.25, -0.2) is 37.9 Å². The molecule has 0 N–H and O–H groups in total. The number of fused-ring (bicyclic) bond motifs is 8. The molecule has 1 unspecified atom stereocenters. The fourth-order valence-corrected chi connectivity index (χ4v) is 8.88. The first-order chi connectivity index (χ1) is 35.2. The van der Waals surface area contributed by atoms with Gasteiger partial charge in [0.2, 0.25) is 0 Å². The molecule has 8 aliphatic heterocycles. The second kappa shape index (κ2) is 23.1. The largest absolute Gasteiger partial charge is 0.345 e. The molecule has 12 heterocycles. The van der Waals surface area contributed by atoms with Crippen LogP contribution >= 0.6 is 0 Å². The summed E-state index contributed by atoms with van der Waals surface area (Å²) in [6, 6.07) is -0.278. The number of carbonyl (C=O) groups excluding carboxylic acids is 4. The summed E-state index contributed by atoms with van der Waals surface area (Å²) in [7, 11) is 0. The highest BCUT2D eigenvalue weighted by atomic mass is 16.7. The van der Waals surface area contributed by atoms with Crippen LogP contribution in [0.1, 0.15) is 20.8 Å². The fourth-order valence-electron chi connectivity index (χ4n) is 8.88. The Morgan fingerprint density at radius 3 is 1.01 bits per heavy atom. The zero-order valence-corrected chi connectivity index (χ0v) is 40.4. The van der Waals surface area contributed by atoms with Crippen molar-refractivity contribution in [2.75, 3.05) is 78.7 Å². The van der Waals surface area contributed by atoms with Crippen molar-refractivity contribution >= 4 is 46.9 Å². The molecule has 4 aromatic heterocycles. The van der Waals surface area contributed by atoms with Crippen molar-refractivity contribution in [3.8, 4) is 0 Å². The molecule has 4 saturated heterocycles. The maximum absolute atomic E-state index is 12.0. The van der Waals surface area contributed by atoms with E-state index >= 15 is 0 Å². The summed E-state index contributed by atoms with van der Waals surface area (Å²) in [5, 5.41) is 35.0. The van der Waals surface area contributed by atoms with E-state index in [0.29, 0.717) is 65.6 Å². The van der Waals surface area contributed by atoms with Crippen LogP contribution in [-0.2, 0) is 14.5 Å². The summed E-state index contributed by atoms with van der Waals surface area (Å²) in [4.78, 5) is 73.0. The summed E-state index contributed by atoms with van der Waals surface area (Å²) in [6.45, 7) is 23.4. The van der Waals surface area contributed by atoms with Gasteiger partial charge in [-0.3, -0.25) is 14.5 Å². The quantitative estimate of drug-likeness (QED) is 0.165. The Bertz CT molecular complexity index is 2430. The summed E-state index contributed by atoms with van der Waals surface area (Å²) in [6.07, 6.45) is 26.5. The lowest BCUT2D eigenvalue weighted by Crippen LogP contribution is -2.33. The van der Waals surface area contributed by atoms with E-state index in [1.165, 1.54) is 15.2 Å². The van der Waals surface area contributed by atoms with Crippen LogP contribution in [0.4, 0.5) is 19.2 Å². The number of hydrogen-bond acceptors (Lipinski definition) is 15. The van der Waals surface area contributed by atoms with Crippen molar-refractivity contribution in [3.05, 3.63) is 112 Å². The topological polar surface area (TPSA) is 245 Å². The Balaban J connectivity index is 0.000000127. The molecule has 27 nitrogen and oxygen atoms in total. The molecule has 27 heteroatoms. The molecule has 8 amide bonds. The predicted octanol–water partition coefficient (Wildman–Crippen LogP) is 2.35. The number of rotatable bonds is 14. The first-order valence-electron chi connectivity index (χ1n) is 23.5. The normalized spacial score (nSPS) is 22.2. The monoisotopic (exact) mass is 990 g/mol. The van der Waals surface area contributed by atoms with Gasteiger partial charge in [0, 0.05) is 32.7 Å². The number of carbonyl (C=O) groups is 4. The maximum atomic E-state index is 12.0. The highest BCUT2D eigenvalue weighted by Crippen LogP contribution is 2.29. The van der Waals surface area contributed by atoms with E-state index in [9.17, 15) is 19.2 Å². The Kier molecular flexibility index (Phi) is 16.1. The van der Waals surface area contributed by atoms with E-state index in [-0.39, 0.29) is 48.3 Å². The third kappa shape index (κ3) is 10.7. The van der Waals surface area contributed by atoms with Gasteiger partial charge in [-0.15, -0.1) is 40.1 Å². The lowest BCUT2D eigenvalue weighted by molar-refractivity contribution is -0.107. The molecule has 4 fully saturated rings. The lowest BCUT2D eigenvalue weighted by Gasteiger charge is -2.21. The minimum atomic E-state index is -0.117. The van der Waals surface area contributed by atoms with E-state index in [2.05, 4.69) is 67.1 Å². The second-order valence-electron chi connectivity index (χ2n) is 16.5. The fraction of sp³-hybridized carbons (Fsp3) is 0.422. The van der Waals surface area contributed by atoms with Gasteiger partial charge in [-0.1, -0.05) is 52.9 Å². The second-order valence-corrected chi connectivity index (χ2v) is 16.5. The van der Waals surface area contributed by atoms with Crippen LogP contribution in [0.5, 0.6) is 0 Å². The average Bonchev–Trinajstić information content (AvgIpc) is 4.30. The maximum Gasteiger partial charge on any atom is 0.345 e. The van der Waals surface area contributed by atoms with Gasteiger partial charge >= 0.3 is 24.1 Å². The molecule has 4 atom stereocenters. The van der Waals surface area contributed by atoms with E-state index in [1.807, 2.05) is 48.8 Å². The van der Waals surface area contributed by atoms with E-state index < -0.39 is 0 Å². The van der Waals surface area contributed by atoms with Gasteiger partial charge in [0.15, 0.2) is 0 Å². The van der Waals surface area contributed by atoms with E-state index in [0.717, 1.165) is 35.9 Å². The highest BCUT2D eigenvalue weighted by Gasteiger charge is 2.44. The number of aromatic nitrogens is 12. The molecule has 0 radical (unpaired) electrons. The Morgan fingerprint density at radius 2 is 0.750 bits per heavy atom. The number of hydrogen-bond donors (Lipinski definition) is 0. The lowest BCUT2D eigenvalue weighted by atomic mass is 10.1. The van der Waals surface area contributed by atoms with Gasteiger partial charge in [-0.05, 0) is 31.2 Å². The smallest absolute Gasteiger partial charge is 0.317 e. The average molecular weight is 991 g/mol. The molecule has 0 aliphatic carbocycles. The molecule has 72 heavy (non-hydrogen) atoms. The van der Waals surface area contributed by atoms with Crippen LogP contribution in [0.25, 0.3) is 22.8 Å². The Morgan fingerprint density at radius 1 is 0.472 bits per heavy atom. The molecular weight excluding hydrogens is 933 g/mol. The van der Waals surface area contributed by atoms with E-state index in [1.54, 1.807) is 101 Å². The number of nitrogens with zero attached hydrogens (tertiary/aromatic N) is 20. The molecule has 8 bridgehead atoms. The van der Waals surface area contributed by atoms with Crippen LogP contribution in [0, 0.1) is 0 Å². The summed E-state index contributed by atoms with van der Waals surface area (Å²) in [5.41, 5.74) is 3.82. The third-order valence-corrected chi connectivity index (χ3v) is 12.0. The van der Waals surface area contributed by atoms with Gasteiger partial charge in [0.1, 0.15) is 0 Å². The predicted molar refractivity (Wildman–Crippen MR) is 258 cm³/mol. The minimum Gasteiger partial charge on any atom is -0.317 e. The van der Waals surface area contributed by atoms with Crippen LogP contribution in [-0.4, -0.2) is 227 Å². The zero-order valence-electron chi connectivity index (χ0n) is 40.4. The molecule has 380 valence electrons. The molecule has 0 saturated carbocycles. The Labute approximate surface area is 414 Å². The number of likely N-dealkylation sites (N-methyl/N-ethyl adjacent to an activating group) is 1. The van der Waals surface area contributed by atoms with Crippen LogP contribution in [0.2, 0.25) is 0 Å². The van der Waals surface area contributed by atoms with Crippen molar-refractivity contribution in [2.24, 2.45) is 0 Å². The highest BCUT2D eigenvalue weighted by molar-refractivity contribution is 5.82. The van der Waals surface area contributed by atoms with Crippen molar-refractivity contribution in [1.82, 2.24) is 99.7 Å². The van der Waals surface area contributed by atoms with Gasteiger partial charge < -0.3 is 24.5 Å². The van der Waals surface area contributed by atoms with Gasteiger partial charge in [0.05, 0.1) is 143 Å². The van der Waals surface area contributed by atoms with Crippen molar-refractivity contribution in [1.29, 1.82) is 0 Å². The first kappa shape index (κ1) is 50.1. The van der Waals surface area contributed by atoms with Crippen LogP contribution in [0.3, 0.4) is 0 Å². The van der Waals surface area contributed by atoms with Gasteiger partial charge in [-0.2, -0.15) is 15.2 Å². The number of urea groups is 4. The number of hydroxylamine groups is 6. The molecule has 8 aliphatic rings. The van der Waals surface area contributed by atoms with Crippen LogP contribution in [0.15, 0.2) is 112 Å². The molecule has 12 rings (SSSR count). The number of amides is 8. The van der Waals surface area contributed by atoms with Crippen molar-refractivity contribution < 1.29 is 33.7 Å². The molecule has 0 spiro atoms. The molecule has 4 aromatic rings. The molecule has 0 aromatic carbocycles. The minimum absolute atomic E-state index is 0.0783. The van der Waals surface area contributed by atoms with Crippen LogP contribution < -0.4 is 0 Å². The summed E-state index contributed by atoms with van der Waals surface area (Å²) in [5.74, 6) is 0. The van der Waals surface area contributed by atoms with Crippen molar-refractivity contribution in [3.63, 3.8) is 0 Å². The Hall–Kier alpha value is -8.30. The summed E-state index contributed by atoms with van der Waals surface area (Å²) < 4.78 is 6.74. The molecular formula is C45H58N20O7. The van der Waals surface area contributed by atoms with E-state index in [4.69, 9.17) is 14.5 Å². The first-order valence-corrected chi connectivity index (χ1v) is 23.5. The standard InChI is InChI=1S/3C11H13N5O2.C10H13N5O.C2H6/c3*1-2-5-18-16-10-6-9(15-4-3-12-13-15)7-14(8-10)11(16)17;1-2-14-8-5-9(15-4-3-11-12-15)7-13(6-8)10(14)16;1-2/h3*2-4,6,10H,1,5,7-8H2;3-5,8H,2,6-7H2,1H3;1-2H3/t2*10-;;8-;/m10.1./s1. The SMILES string of the molecule is C=CCON1C(=O)N2CC(n3ccnn3)=CC1C2.C=CCON1C(=O)N2CC(n3ccnn3)=C[C@@H]1C2.C=CCON1C(=O)N2CC(n3ccnn3)=C[C@H]1C2.CC.CCN1C(=O)N2CC(n3ccnn3)=C[C@@H]1C2. The summed E-state index contributed by atoms with van der Waals surface area (Å²) >= 11 is 0. The third-order valence-electron chi connectivity index (χ3n) is 12.0. The zero-order chi connectivity index (χ0) is 50.7.